The first-order valence-electron chi connectivity index (χ1n) is 7.78. The van der Waals surface area contributed by atoms with Gasteiger partial charge in [-0.25, -0.2) is 8.42 Å². The smallest absolute Gasteiger partial charge is 0.274 e. The fraction of sp³-hybridized carbons (Fsp3) is 0.235. The van der Waals surface area contributed by atoms with Crippen LogP contribution in [-0.4, -0.2) is 32.0 Å². The number of carbonyl (C=O) groups is 1. The van der Waals surface area contributed by atoms with Gasteiger partial charge in [0.2, 0.25) is 10.0 Å². The molecule has 2 aromatic rings. The largest absolute Gasteiger partial charge is 0.321 e. The lowest BCUT2D eigenvalue weighted by Gasteiger charge is -2.20. The van der Waals surface area contributed by atoms with Gasteiger partial charge in [0.1, 0.15) is 0 Å². The van der Waals surface area contributed by atoms with E-state index >= 15 is 0 Å². The number of rotatable bonds is 6. The molecule has 8 nitrogen and oxygen atoms in total. The highest BCUT2D eigenvalue weighted by Crippen LogP contribution is 2.26. The number of benzene rings is 2. The third-order valence-corrected chi connectivity index (χ3v) is 5.12. The Morgan fingerprint density at radius 2 is 1.81 bits per heavy atom. The van der Waals surface area contributed by atoms with E-state index in [4.69, 9.17) is 0 Å². The Kier molecular flexibility index (Phi) is 5.61. The van der Waals surface area contributed by atoms with E-state index in [2.05, 4.69) is 5.32 Å². The molecule has 0 bridgehead atoms. The standard InChI is InChI=1S/C17H19N3O5S/c1-4-19(26(3,24)25)14-10-8-13(9-11-14)17(21)18-15-6-5-7-16(12(15)2)20(22)23/h5-11H,4H2,1-3H3,(H,18,21). The van der Waals surface area contributed by atoms with Gasteiger partial charge in [0.05, 0.1) is 28.1 Å². The quantitative estimate of drug-likeness (QED) is 0.615. The number of amides is 1. The summed E-state index contributed by atoms with van der Waals surface area (Å²) in [5.74, 6) is -0.442. The van der Waals surface area contributed by atoms with Gasteiger partial charge in [0, 0.05) is 18.2 Å². The molecular formula is C17H19N3O5S. The number of nitro benzene ring substituents is 1. The average molecular weight is 377 g/mol. The minimum atomic E-state index is -3.40. The molecule has 1 N–H and O–H groups in total. The highest BCUT2D eigenvalue weighted by molar-refractivity contribution is 7.92. The molecule has 0 saturated carbocycles. The van der Waals surface area contributed by atoms with Crippen LogP contribution in [0.15, 0.2) is 42.5 Å². The van der Waals surface area contributed by atoms with E-state index in [1.165, 1.54) is 28.6 Å². The molecule has 0 aromatic heterocycles. The van der Waals surface area contributed by atoms with Crippen molar-refractivity contribution in [3.05, 3.63) is 63.7 Å². The van der Waals surface area contributed by atoms with Crippen molar-refractivity contribution in [3.8, 4) is 0 Å². The normalized spacial score (nSPS) is 11.0. The van der Waals surface area contributed by atoms with Gasteiger partial charge >= 0.3 is 0 Å². The molecule has 0 spiro atoms. The molecule has 2 rings (SSSR count). The first-order valence-corrected chi connectivity index (χ1v) is 9.63. The first kappa shape index (κ1) is 19.4. The van der Waals surface area contributed by atoms with Crippen molar-refractivity contribution in [3.63, 3.8) is 0 Å². The number of nitro groups is 1. The van der Waals surface area contributed by atoms with Gasteiger partial charge in [-0.05, 0) is 44.2 Å². The monoisotopic (exact) mass is 377 g/mol. The van der Waals surface area contributed by atoms with E-state index in [0.717, 1.165) is 6.26 Å². The van der Waals surface area contributed by atoms with E-state index in [1.807, 2.05) is 0 Å². The fourth-order valence-electron chi connectivity index (χ4n) is 2.54. The van der Waals surface area contributed by atoms with Crippen molar-refractivity contribution in [1.82, 2.24) is 0 Å². The molecule has 0 unspecified atom stereocenters. The van der Waals surface area contributed by atoms with Crippen LogP contribution >= 0.6 is 0 Å². The number of hydrogen-bond donors (Lipinski definition) is 1. The van der Waals surface area contributed by atoms with Crippen LogP contribution in [0.1, 0.15) is 22.8 Å². The Bertz CT molecular complexity index is 939. The second kappa shape index (κ2) is 7.52. The van der Waals surface area contributed by atoms with Gasteiger partial charge < -0.3 is 5.32 Å². The van der Waals surface area contributed by atoms with Crippen molar-refractivity contribution in [2.24, 2.45) is 0 Å². The summed E-state index contributed by atoms with van der Waals surface area (Å²) in [6, 6.07) is 10.5. The first-order chi connectivity index (χ1) is 12.1. The number of sulfonamides is 1. The van der Waals surface area contributed by atoms with Crippen LogP contribution in [0.3, 0.4) is 0 Å². The number of hydrogen-bond acceptors (Lipinski definition) is 5. The van der Waals surface area contributed by atoms with Crippen molar-refractivity contribution < 1.29 is 18.1 Å². The van der Waals surface area contributed by atoms with Gasteiger partial charge in [-0.3, -0.25) is 19.2 Å². The van der Waals surface area contributed by atoms with Crippen molar-refractivity contribution in [2.45, 2.75) is 13.8 Å². The summed E-state index contributed by atoms with van der Waals surface area (Å²) in [7, 11) is -3.40. The number of nitrogens with zero attached hydrogens (tertiary/aromatic N) is 2. The van der Waals surface area contributed by atoms with Gasteiger partial charge in [0.25, 0.3) is 11.6 Å². The molecule has 1 amide bonds. The van der Waals surface area contributed by atoms with Crippen LogP contribution in [-0.2, 0) is 10.0 Å². The molecule has 138 valence electrons. The maximum Gasteiger partial charge on any atom is 0.274 e. The third kappa shape index (κ3) is 4.17. The van der Waals surface area contributed by atoms with Crippen LogP contribution in [0.5, 0.6) is 0 Å². The van der Waals surface area contributed by atoms with Crippen molar-refractivity contribution in [1.29, 1.82) is 0 Å². The van der Waals surface area contributed by atoms with Crippen LogP contribution < -0.4 is 9.62 Å². The SMILES string of the molecule is CCN(c1ccc(C(=O)Nc2cccc([N+](=O)[O-])c2C)cc1)S(C)(=O)=O. The Labute approximate surface area is 151 Å². The highest BCUT2D eigenvalue weighted by atomic mass is 32.2. The molecule has 0 radical (unpaired) electrons. The molecular weight excluding hydrogens is 358 g/mol. The molecule has 9 heteroatoms. The highest BCUT2D eigenvalue weighted by Gasteiger charge is 2.17. The van der Waals surface area contributed by atoms with E-state index in [0.29, 0.717) is 22.5 Å². The molecule has 0 heterocycles. The minimum Gasteiger partial charge on any atom is -0.321 e. The maximum atomic E-state index is 12.4. The van der Waals surface area contributed by atoms with Gasteiger partial charge in [0.15, 0.2) is 0 Å². The lowest BCUT2D eigenvalue weighted by molar-refractivity contribution is -0.385. The lowest BCUT2D eigenvalue weighted by atomic mass is 10.1. The predicted octanol–water partition coefficient (Wildman–Crippen LogP) is 2.94. The Morgan fingerprint density at radius 3 is 2.31 bits per heavy atom. The van der Waals surface area contributed by atoms with Crippen molar-refractivity contribution in [2.75, 3.05) is 22.4 Å². The summed E-state index contributed by atoms with van der Waals surface area (Å²) in [5.41, 5.74) is 1.39. The lowest BCUT2D eigenvalue weighted by Crippen LogP contribution is -2.29. The zero-order chi connectivity index (χ0) is 19.5. The van der Waals surface area contributed by atoms with E-state index in [1.54, 1.807) is 32.0 Å². The second-order valence-electron chi connectivity index (χ2n) is 5.64. The van der Waals surface area contributed by atoms with Gasteiger partial charge in [-0.15, -0.1) is 0 Å². The Balaban J connectivity index is 2.24. The molecule has 0 aliphatic rings. The zero-order valence-corrected chi connectivity index (χ0v) is 15.4. The predicted molar refractivity (Wildman–Crippen MR) is 100 cm³/mol. The summed E-state index contributed by atoms with van der Waals surface area (Å²) >= 11 is 0. The van der Waals surface area contributed by atoms with E-state index < -0.39 is 20.9 Å². The fourth-order valence-corrected chi connectivity index (χ4v) is 3.51. The zero-order valence-electron chi connectivity index (χ0n) is 14.6. The molecule has 26 heavy (non-hydrogen) atoms. The molecule has 0 saturated heterocycles. The molecule has 0 aliphatic carbocycles. The van der Waals surface area contributed by atoms with Crippen LogP contribution in [0.2, 0.25) is 0 Å². The molecule has 2 aromatic carbocycles. The Hall–Kier alpha value is -2.94. The van der Waals surface area contributed by atoms with Crippen LogP contribution in [0.4, 0.5) is 17.1 Å². The Morgan fingerprint density at radius 1 is 1.19 bits per heavy atom. The number of nitrogens with one attached hydrogen (secondary N) is 1. The van der Waals surface area contributed by atoms with Gasteiger partial charge in [-0.2, -0.15) is 0 Å². The number of carbonyl (C=O) groups excluding carboxylic acids is 1. The van der Waals surface area contributed by atoms with Crippen molar-refractivity contribution >= 4 is 33.0 Å². The van der Waals surface area contributed by atoms with Crippen LogP contribution in [0, 0.1) is 17.0 Å². The van der Waals surface area contributed by atoms with E-state index in [9.17, 15) is 23.3 Å². The maximum absolute atomic E-state index is 12.4. The summed E-state index contributed by atoms with van der Waals surface area (Å²) in [6.45, 7) is 3.55. The van der Waals surface area contributed by atoms with Crippen LogP contribution in [0.25, 0.3) is 0 Å². The molecule has 0 atom stereocenters. The summed E-state index contributed by atoms with van der Waals surface area (Å²) < 4.78 is 24.7. The van der Waals surface area contributed by atoms with Gasteiger partial charge in [-0.1, -0.05) is 6.07 Å². The molecule has 0 fully saturated rings. The average Bonchev–Trinajstić information content (AvgIpc) is 2.56. The minimum absolute atomic E-state index is 0.0788. The van der Waals surface area contributed by atoms with E-state index in [-0.39, 0.29) is 12.2 Å². The third-order valence-electron chi connectivity index (χ3n) is 3.86. The second-order valence-corrected chi connectivity index (χ2v) is 7.54. The topological polar surface area (TPSA) is 110 Å². The summed E-state index contributed by atoms with van der Waals surface area (Å²) in [6.07, 6.45) is 1.11. The summed E-state index contributed by atoms with van der Waals surface area (Å²) in [5, 5.41) is 13.6. The number of anilines is 2. The molecule has 0 aliphatic heterocycles. The summed E-state index contributed by atoms with van der Waals surface area (Å²) in [4.78, 5) is 22.9.